The molecule has 0 bridgehead atoms. The molecule has 0 heterocycles. The maximum atomic E-state index is 12.0. The van der Waals surface area contributed by atoms with Crippen LogP contribution >= 0.6 is 0 Å². The van der Waals surface area contributed by atoms with E-state index < -0.39 is 22.5 Å². The largest absolute Gasteiger partial charge is 0.460 e. The molecule has 0 aliphatic carbocycles. The monoisotopic (exact) mass is 333 g/mol. The van der Waals surface area contributed by atoms with Gasteiger partial charge in [0.25, 0.3) is 0 Å². The Hall–Kier alpha value is -2.18. The quantitative estimate of drug-likeness (QED) is 0.824. The number of benzene rings is 2. The van der Waals surface area contributed by atoms with Gasteiger partial charge in [0.05, 0.1) is 4.90 Å². The zero-order chi connectivity index (χ0) is 16.9. The molecule has 0 atom stereocenters. The molecule has 0 spiro atoms. The Bertz CT molecular complexity index is 765. The van der Waals surface area contributed by atoms with E-state index in [1.807, 2.05) is 38.1 Å². The third-order valence-electron chi connectivity index (χ3n) is 3.26. The molecule has 0 amide bonds. The fourth-order valence-electron chi connectivity index (χ4n) is 1.85. The third kappa shape index (κ3) is 5.19. The second-order valence-electron chi connectivity index (χ2n) is 5.28. The number of rotatable bonds is 6. The van der Waals surface area contributed by atoms with Crippen LogP contribution in [0.5, 0.6) is 0 Å². The van der Waals surface area contributed by atoms with Crippen molar-refractivity contribution < 1.29 is 17.9 Å². The van der Waals surface area contributed by atoms with E-state index >= 15 is 0 Å². The molecule has 0 radical (unpaired) electrons. The molecular formula is C17H19NO4S. The van der Waals surface area contributed by atoms with Crippen LogP contribution in [-0.4, -0.2) is 20.9 Å². The molecule has 0 aliphatic rings. The zero-order valence-electron chi connectivity index (χ0n) is 13.1. The van der Waals surface area contributed by atoms with E-state index in [9.17, 15) is 13.2 Å². The summed E-state index contributed by atoms with van der Waals surface area (Å²) in [5.41, 5.74) is 2.93. The van der Waals surface area contributed by atoms with E-state index in [1.165, 1.54) is 12.1 Å². The number of aryl methyl sites for hydroxylation is 2. The van der Waals surface area contributed by atoms with Crippen molar-refractivity contribution in [3.8, 4) is 0 Å². The van der Waals surface area contributed by atoms with Gasteiger partial charge in [-0.15, -0.1) is 0 Å². The average Bonchev–Trinajstić information content (AvgIpc) is 2.53. The van der Waals surface area contributed by atoms with E-state index in [0.717, 1.165) is 16.7 Å². The van der Waals surface area contributed by atoms with Crippen molar-refractivity contribution in [2.24, 2.45) is 0 Å². The van der Waals surface area contributed by atoms with E-state index in [1.54, 1.807) is 12.1 Å². The van der Waals surface area contributed by atoms with Crippen LogP contribution in [0.15, 0.2) is 53.4 Å². The first-order chi connectivity index (χ1) is 10.9. The minimum absolute atomic E-state index is 0.116. The molecule has 0 fully saturated rings. The van der Waals surface area contributed by atoms with Gasteiger partial charge in [-0.2, -0.15) is 4.72 Å². The van der Waals surface area contributed by atoms with E-state index in [0.29, 0.717) is 0 Å². The predicted molar refractivity (Wildman–Crippen MR) is 87.3 cm³/mol. The molecular weight excluding hydrogens is 314 g/mol. The van der Waals surface area contributed by atoms with Gasteiger partial charge < -0.3 is 4.74 Å². The van der Waals surface area contributed by atoms with Crippen LogP contribution < -0.4 is 4.72 Å². The highest BCUT2D eigenvalue weighted by atomic mass is 32.2. The van der Waals surface area contributed by atoms with Gasteiger partial charge >= 0.3 is 5.97 Å². The summed E-state index contributed by atoms with van der Waals surface area (Å²) in [6.45, 7) is 3.55. The summed E-state index contributed by atoms with van der Waals surface area (Å²) in [5.74, 6) is -0.624. The van der Waals surface area contributed by atoms with Crippen molar-refractivity contribution in [1.82, 2.24) is 4.72 Å². The van der Waals surface area contributed by atoms with Crippen LogP contribution in [0.25, 0.3) is 0 Å². The summed E-state index contributed by atoms with van der Waals surface area (Å²) in [4.78, 5) is 11.8. The van der Waals surface area contributed by atoms with Gasteiger partial charge in [0.2, 0.25) is 10.0 Å². The number of hydrogen-bond donors (Lipinski definition) is 1. The summed E-state index contributed by atoms with van der Waals surface area (Å²) >= 11 is 0. The SMILES string of the molecule is Cc1ccc(COC(=O)CNS(=O)(=O)c2ccc(C)cc2)cc1. The summed E-state index contributed by atoms with van der Waals surface area (Å²) < 4.78 is 31.4. The molecule has 5 nitrogen and oxygen atoms in total. The van der Waals surface area contributed by atoms with Gasteiger partial charge in [0, 0.05) is 0 Å². The number of hydrogen-bond acceptors (Lipinski definition) is 4. The van der Waals surface area contributed by atoms with Gasteiger partial charge in [0.1, 0.15) is 13.2 Å². The molecule has 6 heteroatoms. The maximum absolute atomic E-state index is 12.0. The highest BCUT2D eigenvalue weighted by molar-refractivity contribution is 7.89. The maximum Gasteiger partial charge on any atom is 0.321 e. The van der Waals surface area contributed by atoms with Crippen LogP contribution in [0.4, 0.5) is 0 Å². The standard InChI is InChI=1S/C17H19NO4S/c1-13-3-7-15(8-4-13)12-22-17(19)11-18-23(20,21)16-9-5-14(2)6-10-16/h3-10,18H,11-12H2,1-2H3. The van der Waals surface area contributed by atoms with Crippen LogP contribution in [0.3, 0.4) is 0 Å². The highest BCUT2D eigenvalue weighted by Crippen LogP contribution is 2.09. The molecule has 0 unspecified atom stereocenters. The van der Waals surface area contributed by atoms with Crippen molar-refractivity contribution in [1.29, 1.82) is 0 Å². The van der Waals surface area contributed by atoms with Crippen molar-refractivity contribution in [2.75, 3.05) is 6.54 Å². The molecule has 0 saturated heterocycles. The lowest BCUT2D eigenvalue weighted by Gasteiger charge is -2.08. The number of sulfonamides is 1. The normalized spacial score (nSPS) is 11.2. The number of ether oxygens (including phenoxy) is 1. The Labute approximate surface area is 136 Å². The van der Waals surface area contributed by atoms with Gasteiger partial charge in [0.15, 0.2) is 0 Å². The van der Waals surface area contributed by atoms with Gasteiger partial charge in [-0.05, 0) is 31.5 Å². The minimum atomic E-state index is -3.71. The van der Waals surface area contributed by atoms with Gasteiger partial charge in [-0.25, -0.2) is 8.42 Å². The zero-order valence-corrected chi connectivity index (χ0v) is 13.9. The molecule has 0 saturated carbocycles. The first kappa shape index (κ1) is 17.2. The average molecular weight is 333 g/mol. The molecule has 2 rings (SSSR count). The second kappa shape index (κ2) is 7.39. The van der Waals surface area contributed by atoms with Crippen molar-refractivity contribution >= 4 is 16.0 Å². The van der Waals surface area contributed by atoms with Crippen molar-refractivity contribution in [3.63, 3.8) is 0 Å². The Kier molecular flexibility index (Phi) is 5.52. The Morgan fingerprint density at radius 1 is 0.957 bits per heavy atom. The van der Waals surface area contributed by atoms with E-state index in [4.69, 9.17) is 4.74 Å². The Morgan fingerprint density at radius 2 is 1.48 bits per heavy atom. The minimum Gasteiger partial charge on any atom is -0.460 e. The third-order valence-corrected chi connectivity index (χ3v) is 4.68. The first-order valence-electron chi connectivity index (χ1n) is 7.14. The lowest BCUT2D eigenvalue weighted by Crippen LogP contribution is -2.30. The molecule has 2 aromatic carbocycles. The van der Waals surface area contributed by atoms with E-state index in [2.05, 4.69) is 4.72 Å². The van der Waals surface area contributed by atoms with Crippen molar-refractivity contribution in [3.05, 3.63) is 65.2 Å². The smallest absolute Gasteiger partial charge is 0.321 e. The summed E-state index contributed by atoms with van der Waals surface area (Å²) in [7, 11) is -3.71. The fraction of sp³-hybridized carbons (Fsp3) is 0.235. The summed E-state index contributed by atoms with van der Waals surface area (Å²) in [6, 6.07) is 13.9. The van der Waals surface area contributed by atoms with Crippen LogP contribution in [0, 0.1) is 13.8 Å². The fourth-order valence-corrected chi connectivity index (χ4v) is 2.82. The predicted octanol–water partition coefficient (Wildman–Crippen LogP) is 2.33. The van der Waals surface area contributed by atoms with Gasteiger partial charge in [-0.3, -0.25) is 4.79 Å². The topological polar surface area (TPSA) is 72.5 Å². The number of nitrogens with one attached hydrogen (secondary N) is 1. The van der Waals surface area contributed by atoms with Gasteiger partial charge in [-0.1, -0.05) is 47.5 Å². The van der Waals surface area contributed by atoms with Crippen molar-refractivity contribution in [2.45, 2.75) is 25.3 Å². The Balaban J connectivity index is 1.86. The number of carbonyl (C=O) groups is 1. The number of esters is 1. The summed E-state index contributed by atoms with van der Waals surface area (Å²) in [5, 5.41) is 0. The lowest BCUT2D eigenvalue weighted by molar-refractivity contribution is -0.143. The summed E-state index contributed by atoms with van der Waals surface area (Å²) in [6.07, 6.45) is 0. The number of carbonyl (C=O) groups excluding carboxylic acids is 1. The molecule has 2 aromatic rings. The molecule has 0 aliphatic heterocycles. The molecule has 1 N–H and O–H groups in total. The van der Waals surface area contributed by atoms with Crippen LogP contribution in [0.2, 0.25) is 0 Å². The van der Waals surface area contributed by atoms with E-state index in [-0.39, 0.29) is 11.5 Å². The molecule has 0 aromatic heterocycles. The molecule has 23 heavy (non-hydrogen) atoms. The lowest BCUT2D eigenvalue weighted by atomic mass is 10.2. The van der Waals surface area contributed by atoms with Crippen LogP contribution in [-0.2, 0) is 26.2 Å². The Morgan fingerprint density at radius 3 is 2.04 bits per heavy atom. The highest BCUT2D eigenvalue weighted by Gasteiger charge is 2.15. The first-order valence-corrected chi connectivity index (χ1v) is 8.63. The second-order valence-corrected chi connectivity index (χ2v) is 7.05. The molecule has 122 valence electrons. The van der Waals surface area contributed by atoms with Crippen LogP contribution in [0.1, 0.15) is 16.7 Å².